The molecule has 1 aliphatic heterocycles. The van der Waals surface area contributed by atoms with E-state index in [0.717, 1.165) is 30.4 Å². The van der Waals surface area contributed by atoms with Gasteiger partial charge >= 0.3 is 5.97 Å². The molecule has 10 heteroatoms. The number of ether oxygens (including phenoxy) is 5. The molecular weight excluding hydrogens is 552 g/mol. The normalized spacial score (nSPS) is 19.8. The smallest absolute Gasteiger partial charge is 0.317 e. The summed E-state index contributed by atoms with van der Waals surface area (Å²) in [6.45, 7) is 0.610. The van der Waals surface area contributed by atoms with Crippen LogP contribution in [-0.4, -0.2) is 64.8 Å². The maximum Gasteiger partial charge on any atom is 0.317 e. The Kier molecular flexibility index (Phi) is 10.6. The van der Waals surface area contributed by atoms with Crippen LogP contribution in [-0.2, 0) is 32.1 Å². The number of fused-ring (bicyclic) bond motifs is 1. The van der Waals surface area contributed by atoms with E-state index in [1.807, 2.05) is 30.3 Å². The van der Waals surface area contributed by atoms with Crippen molar-refractivity contribution in [2.45, 2.75) is 51.5 Å². The van der Waals surface area contributed by atoms with Gasteiger partial charge in [0.2, 0.25) is 11.8 Å². The van der Waals surface area contributed by atoms with Gasteiger partial charge in [0.15, 0.2) is 23.0 Å². The lowest BCUT2D eigenvalue weighted by atomic mass is 9.69. The Morgan fingerprint density at radius 2 is 1.51 bits per heavy atom. The number of benzene rings is 2. The lowest BCUT2D eigenvalue weighted by Crippen LogP contribution is -2.53. The number of nitrogens with zero attached hydrogens (tertiary/aromatic N) is 1. The van der Waals surface area contributed by atoms with E-state index in [0.29, 0.717) is 48.1 Å². The standard InChI is InChI=1S/C33H42N2O8/c1-39-25-12-10-22(17-27(25)41-3)14-16-35-29-9-7-6-8-15-33(29,32(38)43-5)20-24(31(35)37)19-30(36)34-21-23-11-13-26(40-2)28(18-23)42-4/h9-13,17-18,24H,6-8,14-16,19-21H2,1-5H3,(H,34,36)/t24-,33+/m1/s1. The van der Waals surface area contributed by atoms with E-state index in [9.17, 15) is 14.4 Å². The number of allylic oxidation sites excluding steroid dienone is 1. The van der Waals surface area contributed by atoms with E-state index in [2.05, 4.69) is 5.32 Å². The molecule has 43 heavy (non-hydrogen) atoms. The molecule has 1 N–H and O–H groups in total. The Morgan fingerprint density at radius 3 is 2.14 bits per heavy atom. The van der Waals surface area contributed by atoms with Crippen LogP contribution in [0.2, 0.25) is 0 Å². The number of esters is 1. The number of methoxy groups -OCH3 is 5. The van der Waals surface area contributed by atoms with E-state index in [1.165, 1.54) is 7.11 Å². The fourth-order valence-corrected chi connectivity index (χ4v) is 6.20. The Morgan fingerprint density at radius 1 is 0.884 bits per heavy atom. The lowest BCUT2D eigenvalue weighted by Gasteiger charge is -2.46. The number of hydrogen-bond acceptors (Lipinski definition) is 8. The average molecular weight is 595 g/mol. The molecule has 10 nitrogen and oxygen atoms in total. The van der Waals surface area contributed by atoms with Crippen LogP contribution >= 0.6 is 0 Å². The minimum absolute atomic E-state index is 0.0367. The summed E-state index contributed by atoms with van der Waals surface area (Å²) in [5, 5.41) is 2.93. The molecule has 0 unspecified atom stereocenters. The molecule has 0 saturated carbocycles. The third-order valence-electron chi connectivity index (χ3n) is 8.40. The van der Waals surface area contributed by atoms with Crippen molar-refractivity contribution in [1.29, 1.82) is 0 Å². The van der Waals surface area contributed by atoms with E-state index in [-0.39, 0.29) is 37.2 Å². The largest absolute Gasteiger partial charge is 0.493 e. The third-order valence-corrected chi connectivity index (χ3v) is 8.40. The first-order valence-electron chi connectivity index (χ1n) is 14.6. The van der Waals surface area contributed by atoms with Gasteiger partial charge in [-0.15, -0.1) is 0 Å². The van der Waals surface area contributed by atoms with Crippen molar-refractivity contribution < 1.29 is 38.1 Å². The minimum atomic E-state index is -0.981. The Hall–Kier alpha value is -4.21. The zero-order valence-electron chi connectivity index (χ0n) is 25.7. The predicted octanol–water partition coefficient (Wildman–Crippen LogP) is 4.44. The van der Waals surface area contributed by atoms with Crippen LogP contribution in [0.3, 0.4) is 0 Å². The molecule has 4 rings (SSSR count). The maximum atomic E-state index is 14.0. The molecule has 1 heterocycles. The minimum Gasteiger partial charge on any atom is -0.493 e. The maximum absolute atomic E-state index is 14.0. The molecule has 0 bridgehead atoms. The molecule has 0 spiro atoms. The van der Waals surface area contributed by atoms with Crippen LogP contribution < -0.4 is 24.3 Å². The molecule has 2 aromatic carbocycles. The topological polar surface area (TPSA) is 113 Å². The number of likely N-dealkylation sites (tertiary alicyclic amines) is 1. The molecule has 1 saturated heterocycles. The van der Waals surface area contributed by atoms with E-state index in [4.69, 9.17) is 23.7 Å². The Bertz CT molecular complexity index is 1360. The summed E-state index contributed by atoms with van der Waals surface area (Å²) in [5.41, 5.74) is 1.50. The quantitative estimate of drug-likeness (QED) is 0.359. The summed E-state index contributed by atoms with van der Waals surface area (Å²) in [6.07, 6.45) is 5.82. The van der Waals surface area contributed by atoms with E-state index >= 15 is 0 Å². The van der Waals surface area contributed by atoms with Gasteiger partial charge in [0.05, 0.1) is 35.5 Å². The molecule has 1 fully saturated rings. The number of carbonyl (C=O) groups is 3. The second-order valence-corrected chi connectivity index (χ2v) is 10.9. The summed E-state index contributed by atoms with van der Waals surface area (Å²) in [6, 6.07) is 11.1. The van der Waals surface area contributed by atoms with Gasteiger partial charge in [0.25, 0.3) is 0 Å². The molecular formula is C33H42N2O8. The Balaban J connectivity index is 1.56. The summed E-state index contributed by atoms with van der Waals surface area (Å²) in [4.78, 5) is 42.4. The number of nitrogens with one attached hydrogen (secondary N) is 1. The summed E-state index contributed by atoms with van der Waals surface area (Å²) >= 11 is 0. The molecule has 2 aromatic rings. The summed E-state index contributed by atoms with van der Waals surface area (Å²) in [7, 11) is 7.66. The highest BCUT2D eigenvalue weighted by molar-refractivity contribution is 5.92. The number of rotatable bonds is 12. The van der Waals surface area contributed by atoms with Crippen LogP contribution in [0, 0.1) is 11.3 Å². The van der Waals surface area contributed by atoms with Crippen LogP contribution in [0.25, 0.3) is 0 Å². The molecule has 2 aliphatic rings. The lowest BCUT2D eigenvalue weighted by molar-refractivity contribution is -0.159. The monoisotopic (exact) mass is 594 g/mol. The van der Waals surface area contributed by atoms with E-state index < -0.39 is 11.3 Å². The van der Waals surface area contributed by atoms with Crippen LogP contribution in [0.1, 0.15) is 49.7 Å². The fourth-order valence-electron chi connectivity index (χ4n) is 6.20. The average Bonchev–Trinajstić information content (AvgIpc) is 3.26. The highest BCUT2D eigenvalue weighted by Gasteiger charge is 2.53. The summed E-state index contributed by atoms with van der Waals surface area (Å²) < 4.78 is 26.8. The van der Waals surface area contributed by atoms with Crippen LogP contribution in [0.4, 0.5) is 0 Å². The number of carbonyl (C=O) groups excluding carboxylic acids is 3. The van der Waals surface area contributed by atoms with Crippen molar-refractivity contribution in [3.05, 3.63) is 59.3 Å². The van der Waals surface area contributed by atoms with Gasteiger partial charge in [-0.05, 0) is 67.5 Å². The first-order valence-corrected chi connectivity index (χ1v) is 14.6. The van der Waals surface area contributed by atoms with Gasteiger partial charge in [-0.1, -0.05) is 24.6 Å². The zero-order valence-corrected chi connectivity index (χ0v) is 25.7. The van der Waals surface area contributed by atoms with E-state index in [1.54, 1.807) is 45.5 Å². The zero-order chi connectivity index (χ0) is 31.0. The van der Waals surface area contributed by atoms with Crippen molar-refractivity contribution >= 4 is 17.8 Å². The van der Waals surface area contributed by atoms with Gasteiger partial charge in [-0.25, -0.2) is 0 Å². The second-order valence-electron chi connectivity index (χ2n) is 10.9. The highest BCUT2D eigenvalue weighted by Crippen LogP contribution is 2.49. The Labute approximate surface area is 253 Å². The number of hydrogen-bond donors (Lipinski definition) is 1. The third kappa shape index (κ3) is 6.89. The predicted molar refractivity (Wildman–Crippen MR) is 160 cm³/mol. The number of amides is 2. The van der Waals surface area contributed by atoms with Gasteiger partial charge in [0.1, 0.15) is 5.41 Å². The first-order chi connectivity index (χ1) is 20.8. The van der Waals surface area contributed by atoms with Gasteiger partial charge in [-0.2, -0.15) is 0 Å². The molecule has 1 aliphatic carbocycles. The van der Waals surface area contributed by atoms with Crippen LogP contribution in [0.5, 0.6) is 23.0 Å². The highest BCUT2D eigenvalue weighted by atomic mass is 16.5. The molecule has 2 atom stereocenters. The fraction of sp³-hybridized carbons (Fsp3) is 0.485. The summed E-state index contributed by atoms with van der Waals surface area (Å²) in [5.74, 6) is 0.921. The van der Waals surface area contributed by atoms with Gasteiger partial charge in [-0.3, -0.25) is 14.4 Å². The first kappa shape index (κ1) is 31.7. The molecule has 0 radical (unpaired) electrons. The molecule has 232 valence electrons. The second kappa shape index (κ2) is 14.3. The molecule has 0 aromatic heterocycles. The van der Waals surface area contributed by atoms with Gasteiger partial charge < -0.3 is 33.9 Å². The van der Waals surface area contributed by atoms with Crippen molar-refractivity contribution in [2.24, 2.45) is 11.3 Å². The van der Waals surface area contributed by atoms with Crippen molar-refractivity contribution in [3.8, 4) is 23.0 Å². The van der Waals surface area contributed by atoms with Crippen molar-refractivity contribution in [3.63, 3.8) is 0 Å². The van der Waals surface area contributed by atoms with Crippen molar-refractivity contribution in [1.82, 2.24) is 10.2 Å². The SMILES string of the molecule is COC(=O)[C@]12CCCCC=C1N(CCc1ccc(OC)c(OC)c1)C(=O)[C@H](CC(=O)NCc1ccc(OC)c(OC)c1)C2. The molecule has 2 amide bonds. The van der Waals surface area contributed by atoms with Crippen molar-refractivity contribution in [2.75, 3.05) is 42.1 Å². The van der Waals surface area contributed by atoms with Crippen LogP contribution in [0.15, 0.2) is 48.2 Å². The number of piperidine rings is 1. The van der Waals surface area contributed by atoms with Gasteiger partial charge in [0, 0.05) is 31.1 Å².